The molecule has 0 aliphatic heterocycles. The van der Waals surface area contributed by atoms with Crippen molar-refractivity contribution < 1.29 is 15.2 Å². The molecule has 0 bridgehead atoms. The van der Waals surface area contributed by atoms with E-state index in [-0.39, 0.29) is 5.70 Å². The van der Waals surface area contributed by atoms with E-state index in [1.165, 1.54) is 0 Å². The van der Waals surface area contributed by atoms with Crippen molar-refractivity contribution in [2.45, 2.75) is 33.6 Å². The molecule has 16 heavy (non-hydrogen) atoms. The van der Waals surface area contributed by atoms with E-state index in [0.29, 0.717) is 19.1 Å². The number of nitrogens with two attached hydrogens (primary N) is 1. The van der Waals surface area contributed by atoms with Gasteiger partial charge in [-0.15, -0.1) is 0 Å². The smallest absolute Gasteiger partial charge is 0.239 e. The van der Waals surface area contributed by atoms with Gasteiger partial charge in [-0.25, -0.2) is 4.85 Å². The molecule has 0 aromatic heterocycles. The molecule has 2 N–H and O–H groups in total. The number of quaternary nitrogens is 1. The van der Waals surface area contributed by atoms with E-state index in [0.717, 1.165) is 19.4 Å². The van der Waals surface area contributed by atoms with Gasteiger partial charge in [-0.1, -0.05) is 20.3 Å². The van der Waals surface area contributed by atoms with Gasteiger partial charge in [-0.05, 0) is 25.9 Å². The molecule has 92 valence electrons. The van der Waals surface area contributed by atoms with Gasteiger partial charge in [0.2, 0.25) is 5.70 Å². The lowest BCUT2D eigenvalue weighted by molar-refractivity contribution is -0.644. The van der Waals surface area contributed by atoms with Gasteiger partial charge in [0.25, 0.3) is 0 Å². The molecule has 0 fully saturated rings. The van der Waals surface area contributed by atoms with Crippen molar-refractivity contribution in [3.05, 3.63) is 23.1 Å². The fourth-order valence-corrected chi connectivity index (χ4v) is 1.20. The Morgan fingerprint density at radius 3 is 2.69 bits per heavy atom. The van der Waals surface area contributed by atoms with Crippen LogP contribution in [0.5, 0.6) is 0 Å². The van der Waals surface area contributed by atoms with Crippen molar-refractivity contribution in [1.29, 1.82) is 0 Å². The fourth-order valence-electron chi connectivity index (χ4n) is 1.20. The number of nitrogens with zero attached hydrogens (tertiary/aromatic N) is 1. The molecule has 0 aliphatic carbocycles. The molecule has 0 atom stereocenters. The van der Waals surface area contributed by atoms with Gasteiger partial charge in [-0.2, -0.15) is 0 Å². The standard InChI is InChI=1S/C12H22N2O2/c1-5-14-9-11(13-4)12(15)16-8-6-7-10(2)3/h10,14-15H,5-9H2,1-3H3/b12-11+. The molecule has 0 heterocycles. The van der Waals surface area contributed by atoms with Crippen molar-refractivity contribution in [2.24, 2.45) is 5.92 Å². The maximum Gasteiger partial charge on any atom is 0.239 e. The molecule has 0 rings (SSSR count). The lowest BCUT2D eigenvalue weighted by Crippen LogP contribution is -2.84. The average molecular weight is 226 g/mol. The van der Waals surface area contributed by atoms with Crippen molar-refractivity contribution in [3.63, 3.8) is 0 Å². The van der Waals surface area contributed by atoms with Crippen LogP contribution in [0.15, 0.2) is 11.6 Å². The first kappa shape index (κ1) is 14.8. The van der Waals surface area contributed by atoms with Gasteiger partial charge in [0, 0.05) is 0 Å². The monoisotopic (exact) mass is 226 g/mol. The zero-order valence-corrected chi connectivity index (χ0v) is 10.5. The van der Waals surface area contributed by atoms with Crippen LogP contribution in [-0.4, -0.2) is 19.7 Å². The lowest BCUT2D eigenvalue weighted by atomic mass is 10.1. The van der Waals surface area contributed by atoms with Crippen LogP contribution in [0.2, 0.25) is 0 Å². The highest BCUT2D eigenvalue weighted by Gasteiger charge is 2.01. The van der Waals surface area contributed by atoms with Crippen LogP contribution < -0.4 is 10.4 Å². The Balaban J connectivity index is 3.93. The van der Waals surface area contributed by atoms with E-state index in [9.17, 15) is 5.11 Å². The molecular weight excluding hydrogens is 204 g/mol. The Labute approximate surface area is 98.1 Å². The van der Waals surface area contributed by atoms with E-state index in [2.05, 4.69) is 18.7 Å². The average Bonchev–Trinajstić information content (AvgIpc) is 2.25. The Morgan fingerprint density at radius 1 is 1.50 bits per heavy atom. The topological polar surface area (TPSA) is 53.3 Å². The Hall–Kier alpha value is -1.21. The Morgan fingerprint density at radius 2 is 2.19 bits per heavy atom. The molecule has 0 spiro atoms. The summed E-state index contributed by atoms with van der Waals surface area (Å²) in [5.74, 6) is 0.167. The van der Waals surface area contributed by atoms with E-state index >= 15 is 0 Å². The maximum absolute atomic E-state index is 11.4. The van der Waals surface area contributed by atoms with Crippen LogP contribution in [0, 0.1) is 12.5 Å². The van der Waals surface area contributed by atoms with Crippen molar-refractivity contribution in [1.82, 2.24) is 0 Å². The van der Waals surface area contributed by atoms with E-state index < -0.39 is 5.95 Å². The molecule has 0 aliphatic rings. The summed E-state index contributed by atoms with van der Waals surface area (Å²) in [6, 6.07) is 0. The summed E-state index contributed by atoms with van der Waals surface area (Å²) in [4.78, 5) is 3.20. The Kier molecular flexibility index (Phi) is 8.36. The largest absolute Gasteiger partial charge is 0.622 e. The third kappa shape index (κ3) is 7.13. The normalized spacial score (nSPS) is 12.2. The molecule has 0 aromatic rings. The second-order valence-corrected chi connectivity index (χ2v) is 4.13. The number of rotatable bonds is 8. The highest BCUT2D eigenvalue weighted by atomic mass is 16.6. The van der Waals surface area contributed by atoms with Gasteiger partial charge >= 0.3 is 0 Å². The minimum Gasteiger partial charge on any atom is -0.622 e. The predicted octanol–water partition coefficient (Wildman–Crippen LogP) is 0.471. The molecule has 0 amide bonds. The van der Waals surface area contributed by atoms with E-state index in [4.69, 9.17) is 11.3 Å². The third-order valence-corrected chi connectivity index (χ3v) is 2.16. The summed E-state index contributed by atoms with van der Waals surface area (Å²) in [7, 11) is 0. The van der Waals surface area contributed by atoms with Crippen LogP contribution in [0.4, 0.5) is 0 Å². The second-order valence-electron chi connectivity index (χ2n) is 4.13. The number of hydrogen-bond acceptors (Lipinski definition) is 2. The number of hydrogen-bond donors (Lipinski definition) is 1. The summed E-state index contributed by atoms with van der Waals surface area (Å²) in [6.45, 7) is 14.8. The summed E-state index contributed by atoms with van der Waals surface area (Å²) in [5, 5.41) is 13.3. The van der Waals surface area contributed by atoms with E-state index in [1.807, 2.05) is 12.2 Å². The van der Waals surface area contributed by atoms with Crippen LogP contribution in [0.3, 0.4) is 0 Å². The first-order chi connectivity index (χ1) is 7.61. The third-order valence-electron chi connectivity index (χ3n) is 2.16. The number of likely N-dealkylation sites (N-methyl/N-ethyl adjacent to an activating group) is 1. The quantitative estimate of drug-likeness (QED) is 0.371. The van der Waals surface area contributed by atoms with Crippen LogP contribution in [0.25, 0.3) is 4.85 Å². The van der Waals surface area contributed by atoms with Crippen molar-refractivity contribution >= 4 is 0 Å². The van der Waals surface area contributed by atoms with E-state index in [1.54, 1.807) is 0 Å². The maximum atomic E-state index is 11.4. The Bertz CT molecular complexity index is 254. The number of ether oxygens (including phenoxy) is 1. The SMILES string of the molecule is [C-]#[N+]/C(C[NH2+]CC)=C(\[O-])OCCCC(C)C. The fraction of sp³-hybridized carbons (Fsp3) is 0.750. The summed E-state index contributed by atoms with van der Waals surface area (Å²) in [6.07, 6.45) is 1.91. The van der Waals surface area contributed by atoms with Gasteiger partial charge in [-0.3, -0.25) is 0 Å². The minimum atomic E-state index is -0.455. The molecule has 0 unspecified atom stereocenters. The summed E-state index contributed by atoms with van der Waals surface area (Å²) < 4.78 is 5.03. The minimum absolute atomic E-state index is 0.186. The van der Waals surface area contributed by atoms with Gasteiger partial charge in [0.05, 0.1) is 19.1 Å². The molecule has 4 heteroatoms. The molecule has 0 aromatic carbocycles. The first-order valence-corrected chi connectivity index (χ1v) is 5.83. The first-order valence-electron chi connectivity index (χ1n) is 5.83. The highest BCUT2D eigenvalue weighted by molar-refractivity contribution is 5.09. The lowest BCUT2D eigenvalue weighted by Gasteiger charge is -2.17. The zero-order valence-electron chi connectivity index (χ0n) is 10.5. The van der Waals surface area contributed by atoms with Gasteiger partial charge in [0.15, 0.2) is 0 Å². The summed E-state index contributed by atoms with van der Waals surface area (Å²) in [5.41, 5.74) is 0.186. The summed E-state index contributed by atoms with van der Waals surface area (Å²) >= 11 is 0. The predicted molar refractivity (Wildman–Crippen MR) is 61.0 cm³/mol. The van der Waals surface area contributed by atoms with Gasteiger partial charge < -0.3 is 15.2 Å². The van der Waals surface area contributed by atoms with Crippen molar-refractivity contribution in [3.8, 4) is 0 Å². The molecule has 0 saturated heterocycles. The van der Waals surface area contributed by atoms with Crippen LogP contribution >= 0.6 is 0 Å². The second kappa shape index (κ2) is 9.05. The van der Waals surface area contributed by atoms with Gasteiger partial charge in [0.1, 0.15) is 6.54 Å². The molecule has 4 nitrogen and oxygen atoms in total. The van der Waals surface area contributed by atoms with Crippen LogP contribution in [-0.2, 0) is 4.74 Å². The van der Waals surface area contributed by atoms with Crippen LogP contribution in [0.1, 0.15) is 33.6 Å². The highest BCUT2D eigenvalue weighted by Crippen LogP contribution is 2.05. The molecule has 0 saturated carbocycles. The van der Waals surface area contributed by atoms with Crippen molar-refractivity contribution in [2.75, 3.05) is 19.7 Å². The molecular formula is C12H22N2O2. The molecule has 0 radical (unpaired) electrons. The zero-order chi connectivity index (χ0) is 12.4.